The second-order valence-corrected chi connectivity index (χ2v) is 7.20. The van der Waals surface area contributed by atoms with Gasteiger partial charge in [-0.3, -0.25) is 4.79 Å². The fraction of sp³-hybridized carbons (Fsp3) is 0.375. The molecule has 0 amide bonds. The molecule has 2 heterocycles. The van der Waals surface area contributed by atoms with Gasteiger partial charge in [-0.25, -0.2) is 4.79 Å². The van der Waals surface area contributed by atoms with Gasteiger partial charge in [0.1, 0.15) is 4.88 Å². The van der Waals surface area contributed by atoms with Gasteiger partial charge in [0.25, 0.3) is 0 Å². The molecule has 0 radical (unpaired) electrons. The summed E-state index contributed by atoms with van der Waals surface area (Å²) in [6.45, 7) is 3.70. The standard InChI is InChI=1S/C16H16ClNO3S/c1-9-7-12(10(2)18(9)11-3-4-11)13(19)8-21-16(20)14-5-6-15(17)22-14/h5-7,11H,3-4,8H2,1-2H3. The maximum absolute atomic E-state index is 12.3. The molecule has 116 valence electrons. The van der Waals surface area contributed by atoms with Crippen LogP contribution in [0.2, 0.25) is 4.34 Å². The third kappa shape index (κ3) is 2.96. The molecular weight excluding hydrogens is 322 g/mol. The lowest BCUT2D eigenvalue weighted by atomic mass is 10.1. The second-order valence-electron chi connectivity index (χ2n) is 5.49. The van der Waals surface area contributed by atoms with E-state index in [-0.39, 0.29) is 12.4 Å². The van der Waals surface area contributed by atoms with Crippen LogP contribution in [-0.4, -0.2) is 22.9 Å². The van der Waals surface area contributed by atoms with E-state index in [4.69, 9.17) is 16.3 Å². The van der Waals surface area contributed by atoms with Crippen LogP contribution in [0.4, 0.5) is 0 Å². The van der Waals surface area contributed by atoms with Crippen molar-refractivity contribution in [2.75, 3.05) is 6.61 Å². The van der Waals surface area contributed by atoms with Crippen molar-refractivity contribution in [1.82, 2.24) is 4.57 Å². The lowest BCUT2D eigenvalue weighted by molar-refractivity contribution is 0.0479. The predicted molar refractivity (Wildman–Crippen MR) is 86.1 cm³/mol. The predicted octanol–water partition coefficient (Wildman–Crippen LogP) is 4.19. The molecule has 0 aliphatic heterocycles. The lowest BCUT2D eigenvalue weighted by Gasteiger charge is -2.07. The van der Waals surface area contributed by atoms with Gasteiger partial charge in [0.05, 0.1) is 4.34 Å². The minimum atomic E-state index is -0.513. The molecule has 0 bridgehead atoms. The molecule has 2 aromatic rings. The van der Waals surface area contributed by atoms with Crippen molar-refractivity contribution >= 4 is 34.7 Å². The number of carbonyl (C=O) groups is 2. The average Bonchev–Trinajstić information content (AvgIpc) is 3.14. The molecule has 0 atom stereocenters. The number of aryl methyl sites for hydroxylation is 1. The molecule has 1 fully saturated rings. The number of ether oxygens (including phenoxy) is 1. The van der Waals surface area contributed by atoms with Gasteiger partial charge in [0.2, 0.25) is 5.78 Å². The van der Waals surface area contributed by atoms with Crippen molar-refractivity contribution in [1.29, 1.82) is 0 Å². The number of ketones is 1. The first-order valence-corrected chi connectivity index (χ1v) is 8.31. The van der Waals surface area contributed by atoms with Crippen LogP contribution in [0.5, 0.6) is 0 Å². The minimum absolute atomic E-state index is 0.170. The van der Waals surface area contributed by atoms with Gasteiger partial charge in [-0.05, 0) is 44.9 Å². The van der Waals surface area contributed by atoms with E-state index in [1.807, 2.05) is 19.9 Å². The van der Waals surface area contributed by atoms with E-state index < -0.39 is 5.97 Å². The van der Waals surface area contributed by atoms with Gasteiger partial charge >= 0.3 is 5.97 Å². The Balaban J connectivity index is 1.67. The van der Waals surface area contributed by atoms with Crippen molar-refractivity contribution in [3.05, 3.63) is 44.4 Å². The van der Waals surface area contributed by atoms with Crippen LogP contribution in [-0.2, 0) is 4.74 Å². The first-order chi connectivity index (χ1) is 10.5. The van der Waals surface area contributed by atoms with Crippen molar-refractivity contribution in [3.8, 4) is 0 Å². The Morgan fingerprint density at radius 2 is 2.09 bits per heavy atom. The molecule has 4 nitrogen and oxygen atoms in total. The highest BCUT2D eigenvalue weighted by Gasteiger charge is 2.28. The number of halogens is 1. The third-order valence-electron chi connectivity index (χ3n) is 3.81. The van der Waals surface area contributed by atoms with E-state index in [1.54, 1.807) is 12.1 Å². The van der Waals surface area contributed by atoms with Crippen LogP contribution in [0.1, 0.15) is 50.3 Å². The molecule has 1 aliphatic rings. The number of nitrogens with zero attached hydrogens (tertiary/aromatic N) is 1. The van der Waals surface area contributed by atoms with Crippen LogP contribution in [0.3, 0.4) is 0 Å². The number of rotatable bonds is 5. The zero-order valence-electron chi connectivity index (χ0n) is 12.4. The Kier molecular flexibility index (Phi) is 4.10. The first-order valence-electron chi connectivity index (χ1n) is 7.11. The third-order valence-corrected chi connectivity index (χ3v) is 5.02. The highest BCUT2D eigenvalue weighted by Crippen LogP contribution is 2.38. The van der Waals surface area contributed by atoms with Crippen LogP contribution in [0.15, 0.2) is 18.2 Å². The Hall–Kier alpha value is -1.59. The normalized spacial score (nSPS) is 14.1. The van der Waals surface area contributed by atoms with Crippen molar-refractivity contribution in [2.24, 2.45) is 0 Å². The Bertz CT molecular complexity index is 743. The number of Topliss-reactive ketones (excluding diaryl/α,β-unsaturated/α-hetero) is 1. The van der Waals surface area contributed by atoms with E-state index in [0.717, 1.165) is 35.6 Å². The second kappa shape index (κ2) is 5.89. The van der Waals surface area contributed by atoms with Gasteiger partial charge in [0.15, 0.2) is 6.61 Å². The molecular formula is C16H16ClNO3S. The Labute approximate surface area is 137 Å². The molecule has 6 heteroatoms. The van der Waals surface area contributed by atoms with E-state index in [2.05, 4.69) is 4.57 Å². The summed E-state index contributed by atoms with van der Waals surface area (Å²) < 4.78 is 7.81. The topological polar surface area (TPSA) is 48.3 Å². The number of hydrogen-bond acceptors (Lipinski definition) is 4. The molecule has 1 aliphatic carbocycles. The van der Waals surface area contributed by atoms with Crippen molar-refractivity contribution in [2.45, 2.75) is 32.7 Å². The van der Waals surface area contributed by atoms with Gasteiger partial charge in [-0.15, -0.1) is 11.3 Å². The zero-order valence-corrected chi connectivity index (χ0v) is 14.0. The quantitative estimate of drug-likeness (QED) is 0.607. The first kappa shape index (κ1) is 15.3. The summed E-state index contributed by atoms with van der Waals surface area (Å²) in [5, 5.41) is 0. The van der Waals surface area contributed by atoms with Crippen LogP contribution in [0.25, 0.3) is 0 Å². The van der Waals surface area contributed by atoms with E-state index >= 15 is 0 Å². The van der Waals surface area contributed by atoms with E-state index in [9.17, 15) is 9.59 Å². The molecule has 0 aromatic carbocycles. The zero-order chi connectivity index (χ0) is 15.9. The highest BCUT2D eigenvalue weighted by atomic mass is 35.5. The minimum Gasteiger partial charge on any atom is -0.453 e. The Morgan fingerprint density at radius 3 is 2.68 bits per heavy atom. The summed E-state index contributed by atoms with van der Waals surface area (Å²) in [5.41, 5.74) is 2.68. The van der Waals surface area contributed by atoms with E-state index in [0.29, 0.717) is 20.8 Å². The summed E-state index contributed by atoms with van der Waals surface area (Å²) in [4.78, 5) is 24.5. The summed E-state index contributed by atoms with van der Waals surface area (Å²) in [5.74, 6) is -0.683. The summed E-state index contributed by atoms with van der Waals surface area (Å²) in [7, 11) is 0. The van der Waals surface area contributed by atoms with Gasteiger partial charge in [-0.1, -0.05) is 11.6 Å². The van der Waals surface area contributed by atoms with Gasteiger partial charge in [-0.2, -0.15) is 0 Å². The maximum atomic E-state index is 12.3. The monoisotopic (exact) mass is 337 g/mol. The fourth-order valence-electron chi connectivity index (χ4n) is 2.66. The summed E-state index contributed by atoms with van der Waals surface area (Å²) in [6, 6.07) is 5.63. The lowest BCUT2D eigenvalue weighted by Crippen LogP contribution is -2.14. The van der Waals surface area contributed by atoms with Gasteiger partial charge < -0.3 is 9.30 Å². The molecule has 2 aromatic heterocycles. The average molecular weight is 338 g/mol. The largest absolute Gasteiger partial charge is 0.453 e. The fourth-order valence-corrected chi connectivity index (χ4v) is 3.59. The number of thiophene rings is 1. The molecule has 0 N–H and O–H groups in total. The smallest absolute Gasteiger partial charge is 0.348 e. The molecule has 0 unspecified atom stereocenters. The van der Waals surface area contributed by atoms with Crippen LogP contribution >= 0.6 is 22.9 Å². The SMILES string of the molecule is Cc1cc(C(=O)COC(=O)c2ccc(Cl)s2)c(C)n1C1CC1. The van der Waals surface area contributed by atoms with Crippen LogP contribution < -0.4 is 0 Å². The molecule has 3 rings (SSSR count). The molecule has 1 saturated carbocycles. The van der Waals surface area contributed by atoms with E-state index in [1.165, 1.54) is 0 Å². The molecule has 22 heavy (non-hydrogen) atoms. The van der Waals surface area contributed by atoms with Crippen molar-refractivity contribution in [3.63, 3.8) is 0 Å². The Morgan fingerprint density at radius 1 is 1.36 bits per heavy atom. The van der Waals surface area contributed by atoms with Crippen LogP contribution in [0, 0.1) is 13.8 Å². The number of hydrogen-bond donors (Lipinski definition) is 0. The molecule has 0 spiro atoms. The summed E-state index contributed by atoms with van der Waals surface area (Å²) in [6.07, 6.45) is 2.33. The number of esters is 1. The van der Waals surface area contributed by atoms with Gasteiger partial charge in [0, 0.05) is 23.0 Å². The maximum Gasteiger partial charge on any atom is 0.348 e. The molecule has 0 saturated heterocycles. The number of aromatic nitrogens is 1. The summed E-state index contributed by atoms with van der Waals surface area (Å²) >= 11 is 6.92. The van der Waals surface area contributed by atoms with Crippen molar-refractivity contribution < 1.29 is 14.3 Å². The highest BCUT2D eigenvalue weighted by molar-refractivity contribution is 7.17. The number of carbonyl (C=O) groups excluding carboxylic acids is 2.